The van der Waals surface area contributed by atoms with Gasteiger partial charge < -0.3 is 0 Å². The summed E-state index contributed by atoms with van der Waals surface area (Å²) in [5.41, 5.74) is 0.793. The van der Waals surface area contributed by atoms with Gasteiger partial charge in [-0.2, -0.15) is 5.26 Å². The summed E-state index contributed by atoms with van der Waals surface area (Å²) >= 11 is 11.3. The highest BCUT2D eigenvalue weighted by Crippen LogP contribution is 2.25. The average molecular weight is 230 g/mol. The Kier molecular flexibility index (Phi) is 3.51. The summed E-state index contributed by atoms with van der Waals surface area (Å²) in [5.74, 6) is -0.548. The molecule has 0 aliphatic rings. The number of rotatable bonds is 1. The second-order valence-electron chi connectivity index (χ2n) is 2.68. The standard InChI is InChI=1S/C10H6Cl2FN/c1-6(5-14)10(12)7-2-3-8(11)9(13)4-7/h2-4H,1H3/b10-6-. The molecular weight excluding hydrogens is 224 g/mol. The smallest absolute Gasteiger partial charge is 0.142 e. The number of halogens is 3. The topological polar surface area (TPSA) is 23.8 Å². The van der Waals surface area contributed by atoms with Crippen LogP contribution in [0.1, 0.15) is 12.5 Å². The van der Waals surface area contributed by atoms with E-state index in [0.29, 0.717) is 11.1 Å². The van der Waals surface area contributed by atoms with Crippen LogP contribution in [0.4, 0.5) is 4.39 Å². The van der Waals surface area contributed by atoms with Crippen LogP contribution in [-0.2, 0) is 0 Å². The molecule has 0 aromatic heterocycles. The van der Waals surface area contributed by atoms with Crippen LogP contribution in [0.3, 0.4) is 0 Å². The number of hydrogen-bond acceptors (Lipinski definition) is 1. The molecule has 0 N–H and O–H groups in total. The molecule has 4 heteroatoms. The zero-order valence-corrected chi connectivity index (χ0v) is 8.83. The van der Waals surface area contributed by atoms with Crippen molar-refractivity contribution in [3.63, 3.8) is 0 Å². The second-order valence-corrected chi connectivity index (χ2v) is 3.46. The van der Waals surface area contributed by atoms with E-state index in [1.54, 1.807) is 13.0 Å². The Balaban J connectivity index is 3.24. The maximum absolute atomic E-state index is 13.0. The van der Waals surface area contributed by atoms with Crippen molar-refractivity contribution in [1.82, 2.24) is 0 Å². The fourth-order valence-electron chi connectivity index (χ4n) is 0.898. The summed E-state index contributed by atoms with van der Waals surface area (Å²) in [4.78, 5) is 0. The third kappa shape index (κ3) is 2.25. The van der Waals surface area contributed by atoms with Crippen LogP contribution in [0.15, 0.2) is 23.8 Å². The van der Waals surface area contributed by atoms with Gasteiger partial charge in [-0.25, -0.2) is 4.39 Å². The molecule has 0 aliphatic heterocycles. The lowest BCUT2D eigenvalue weighted by molar-refractivity contribution is 0.628. The van der Waals surface area contributed by atoms with Gasteiger partial charge in [0.1, 0.15) is 5.82 Å². The molecule has 0 amide bonds. The Labute approximate surface area is 91.4 Å². The van der Waals surface area contributed by atoms with Crippen molar-refractivity contribution in [3.05, 3.63) is 40.2 Å². The summed E-state index contributed by atoms with van der Waals surface area (Å²) in [5, 5.41) is 8.85. The van der Waals surface area contributed by atoms with Crippen molar-refractivity contribution in [1.29, 1.82) is 5.26 Å². The predicted octanol–water partition coefficient (Wildman–Crippen LogP) is 3.97. The molecule has 0 saturated carbocycles. The number of benzene rings is 1. The van der Waals surface area contributed by atoms with E-state index in [1.165, 1.54) is 12.1 Å². The van der Waals surface area contributed by atoms with Crippen molar-refractivity contribution in [2.45, 2.75) is 6.92 Å². The van der Waals surface area contributed by atoms with Crippen LogP contribution in [0.5, 0.6) is 0 Å². The van der Waals surface area contributed by atoms with Crippen molar-refractivity contribution in [2.75, 3.05) is 0 Å². The summed E-state index contributed by atoms with van der Waals surface area (Å²) < 4.78 is 13.0. The van der Waals surface area contributed by atoms with Gasteiger partial charge in [0.15, 0.2) is 0 Å². The molecule has 1 nitrogen and oxygen atoms in total. The first kappa shape index (κ1) is 11.0. The summed E-state index contributed by atoms with van der Waals surface area (Å²) in [7, 11) is 0. The molecule has 0 spiro atoms. The zero-order chi connectivity index (χ0) is 10.7. The third-order valence-electron chi connectivity index (χ3n) is 1.67. The van der Waals surface area contributed by atoms with Crippen molar-refractivity contribution in [2.24, 2.45) is 0 Å². The lowest BCUT2D eigenvalue weighted by Gasteiger charge is -2.01. The normalized spacial score (nSPS) is 11.9. The van der Waals surface area contributed by atoms with Gasteiger partial charge in [-0.15, -0.1) is 0 Å². The highest BCUT2D eigenvalue weighted by atomic mass is 35.5. The molecule has 0 atom stereocenters. The first-order valence-corrected chi connectivity index (χ1v) is 4.53. The summed E-state index contributed by atoms with van der Waals surface area (Å²) in [6, 6.07) is 6.06. The van der Waals surface area contributed by atoms with Crippen molar-refractivity contribution >= 4 is 28.2 Å². The van der Waals surface area contributed by atoms with E-state index in [-0.39, 0.29) is 10.1 Å². The third-order valence-corrected chi connectivity index (χ3v) is 2.48. The average Bonchev–Trinajstić information content (AvgIpc) is 2.20. The fourth-order valence-corrected chi connectivity index (χ4v) is 1.18. The van der Waals surface area contributed by atoms with Crippen molar-refractivity contribution in [3.8, 4) is 6.07 Å². The molecule has 14 heavy (non-hydrogen) atoms. The van der Waals surface area contributed by atoms with Crippen LogP contribution >= 0.6 is 23.2 Å². The van der Waals surface area contributed by atoms with Gasteiger partial charge in [0.25, 0.3) is 0 Å². The molecule has 0 heterocycles. The summed E-state index contributed by atoms with van der Waals surface area (Å²) in [6.45, 7) is 1.56. The quantitative estimate of drug-likeness (QED) is 0.669. The van der Waals surface area contributed by atoms with E-state index >= 15 is 0 Å². The first-order valence-electron chi connectivity index (χ1n) is 3.78. The molecule has 0 aliphatic carbocycles. The molecule has 0 fully saturated rings. The lowest BCUT2D eigenvalue weighted by atomic mass is 10.1. The maximum Gasteiger partial charge on any atom is 0.142 e. The Bertz CT molecular complexity index is 432. The van der Waals surface area contributed by atoms with E-state index in [0.717, 1.165) is 0 Å². The Morgan fingerprint density at radius 2 is 2.14 bits per heavy atom. The van der Waals surface area contributed by atoms with Crippen LogP contribution < -0.4 is 0 Å². The molecule has 1 rings (SSSR count). The highest BCUT2D eigenvalue weighted by Gasteiger charge is 2.06. The fraction of sp³-hybridized carbons (Fsp3) is 0.100. The van der Waals surface area contributed by atoms with Crippen LogP contribution in [0, 0.1) is 17.1 Å². The van der Waals surface area contributed by atoms with Gasteiger partial charge in [0, 0.05) is 5.57 Å². The molecule has 0 bridgehead atoms. The highest BCUT2D eigenvalue weighted by molar-refractivity contribution is 6.49. The largest absolute Gasteiger partial charge is 0.205 e. The minimum absolute atomic E-state index is 0.0350. The second kappa shape index (κ2) is 4.45. The molecular formula is C10H6Cl2FN. The van der Waals surface area contributed by atoms with E-state index in [2.05, 4.69) is 0 Å². The Morgan fingerprint density at radius 1 is 1.50 bits per heavy atom. The lowest BCUT2D eigenvalue weighted by Crippen LogP contribution is -1.84. The Hall–Kier alpha value is -1.04. The van der Waals surface area contributed by atoms with Crippen LogP contribution in [0.2, 0.25) is 5.02 Å². The van der Waals surface area contributed by atoms with Crippen molar-refractivity contribution < 1.29 is 4.39 Å². The van der Waals surface area contributed by atoms with Gasteiger partial charge in [-0.05, 0) is 24.6 Å². The first-order chi connectivity index (χ1) is 6.56. The zero-order valence-electron chi connectivity index (χ0n) is 7.31. The summed E-state index contributed by atoms with van der Waals surface area (Å²) in [6.07, 6.45) is 0. The number of nitriles is 1. The van der Waals surface area contributed by atoms with Gasteiger partial charge in [-0.1, -0.05) is 29.3 Å². The minimum Gasteiger partial charge on any atom is -0.205 e. The number of allylic oxidation sites excluding steroid dienone is 1. The van der Waals surface area contributed by atoms with Crippen LogP contribution in [0.25, 0.3) is 5.03 Å². The number of nitrogens with zero attached hydrogens (tertiary/aromatic N) is 1. The van der Waals surface area contributed by atoms with Gasteiger partial charge >= 0.3 is 0 Å². The minimum atomic E-state index is -0.548. The van der Waals surface area contributed by atoms with Gasteiger partial charge in [0.2, 0.25) is 0 Å². The molecule has 0 radical (unpaired) electrons. The van der Waals surface area contributed by atoms with E-state index < -0.39 is 5.82 Å². The SMILES string of the molecule is C/C(C#N)=C(/Cl)c1ccc(Cl)c(F)c1. The van der Waals surface area contributed by atoms with E-state index in [1.807, 2.05) is 6.07 Å². The predicted molar refractivity (Wildman–Crippen MR) is 55.5 cm³/mol. The van der Waals surface area contributed by atoms with Gasteiger partial charge in [-0.3, -0.25) is 0 Å². The monoisotopic (exact) mass is 229 g/mol. The molecule has 1 aromatic carbocycles. The molecule has 0 saturated heterocycles. The molecule has 72 valence electrons. The molecule has 0 unspecified atom stereocenters. The van der Waals surface area contributed by atoms with E-state index in [9.17, 15) is 4.39 Å². The van der Waals surface area contributed by atoms with Crippen LogP contribution in [-0.4, -0.2) is 0 Å². The Morgan fingerprint density at radius 3 is 2.64 bits per heavy atom. The van der Waals surface area contributed by atoms with Gasteiger partial charge in [0.05, 0.1) is 16.1 Å². The molecule has 1 aromatic rings. The van der Waals surface area contributed by atoms with E-state index in [4.69, 9.17) is 28.5 Å². The maximum atomic E-state index is 13.0. The number of hydrogen-bond donors (Lipinski definition) is 0.